The summed E-state index contributed by atoms with van der Waals surface area (Å²) in [5.74, 6) is -1.47. The van der Waals surface area contributed by atoms with Crippen LogP contribution in [-0.2, 0) is 9.59 Å². The zero-order valence-corrected chi connectivity index (χ0v) is 20.9. The topological polar surface area (TPSA) is 82.1 Å². The third kappa shape index (κ3) is 3.60. The summed E-state index contributed by atoms with van der Waals surface area (Å²) >= 11 is 0. The van der Waals surface area contributed by atoms with Gasteiger partial charge in [0.15, 0.2) is 12.4 Å². The number of nitrogens with zero attached hydrogens (tertiary/aromatic N) is 4. The van der Waals surface area contributed by atoms with Crippen LogP contribution in [-0.4, -0.2) is 21.6 Å². The summed E-state index contributed by atoms with van der Waals surface area (Å²) in [6.45, 7) is 9.43. The fraction of sp³-hybridized carbons (Fsp3) is 0.172. The van der Waals surface area contributed by atoms with Crippen molar-refractivity contribution >= 4 is 28.8 Å². The quantitative estimate of drug-likeness (QED) is 0.331. The molecule has 7 nitrogen and oxygen atoms in total. The largest absolute Gasteiger partial charge is 0.858 e. The van der Waals surface area contributed by atoms with Crippen molar-refractivity contribution in [2.45, 2.75) is 34.6 Å². The van der Waals surface area contributed by atoms with Crippen molar-refractivity contribution in [2.24, 2.45) is 0 Å². The Bertz CT molecular complexity index is 1560. The first kappa shape index (κ1) is 23.2. The third-order valence-electron chi connectivity index (χ3n) is 6.55. The molecule has 0 aliphatic carbocycles. The van der Waals surface area contributed by atoms with Crippen molar-refractivity contribution in [3.8, 4) is 11.6 Å². The zero-order valence-electron chi connectivity index (χ0n) is 20.9. The molecule has 0 spiro atoms. The van der Waals surface area contributed by atoms with Crippen LogP contribution >= 0.6 is 0 Å². The molecule has 0 fully saturated rings. The molecule has 2 amide bonds. The minimum absolute atomic E-state index is 0.0536. The number of hydrogen-bond acceptors (Lipinski definition) is 4. The minimum atomic E-state index is -0.548. The van der Waals surface area contributed by atoms with E-state index in [1.165, 1.54) is 4.68 Å². The van der Waals surface area contributed by atoms with Gasteiger partial charge in [-0.05, 0) is 75.9 Å². The van der Waals surface area contributed by atoms with Gasteiger partial charge in [0.25, 0.3) is 11.6 Å². The molecule has 0 atom stereocenters. The first-order valence-corrected chi connectivity index (χ1v) is 11.7. The molecule has 7 heteroatoms. The molecular weight excluding hydrogens is 452 g/mol. The molecule has 0 saturated heterocycles. The van der Waals surface area contributed by atoms with E-state index in [-0.39, 0.29) is 16.8 Å². The predicted octanol–water partition coefficient (Wildman–Crippen LogP) is 3.72. The first-order valence-electron chi connectivity index (χ1n) is 11.7. The van der Waals surface area contributed by atoms with Crippen LogP contribution in [0.4, 0.5) is 5.69 Å². The summed E-state index contributed by atoms with van der Waals surface area (Å²) < 4.78 is 2.98. The van der Waals surface area contributed by atoms with Gasteiger partial charge in [0.05, 0.1) is 17.1 Å². The van der Waals surface area contributed by atoms with E-state index in [4.69, 9.17) is 0 Å². The van der Waals surface area contributed by atoms with Gasteiger partial charge in [-0.1, -0.05) is 30.3 Å². The Morgan fingerprint density at radius 1 is 0.833 bits per heavy atom. The SMILES string of the molecule is Cc1cc(C)c[n+](C2=C(c3c(C)nn(-c4cccc(C)c4C)c3[O-])C(=O)N(c3ccccc3)C2=O)c1. The number of aromatic nitrogens is 3. The van der Waals surface area contributed by atoms with Gasteiger partial charge in [-0.3, -0.25) is 9.59 Å². The van der Waals surface area contributed by atoms with E-state index >= 15 is 0 Å². The predicted molar refractivity (Wildman–Crippen MR) is 135 cm³/mol. The van der Waals surface area contributed by atoms with Gasteiger partial charge in [-0.15, -0.1) is 0 Å². The van der Waals surface area contributed by atoms with E-state index in [9.17, 15) is 14.7 Å². The summed E-state index contributed by atoms with van der Waals surface area (Å²) in [5.41, 5.74) is 5.58. The van der Waals surface area contributed by atoms with Crippen LogP contribution in [0.3, 0.4) is 0 Å². The lowest BCUT2D eigenvalue weighted by atomic mass is 10.0. The number of carbonyl (C=O) groups is 2. The summed E-state index contributed by atoms with van der Waals surface area (Å²) in [6, 6.07) is 16.4. The molecule has 1 aliphatic heterocycles. The maximum Gasteiger partial charge on any atom is 0.331 e. The van der Waals surface area contributed by atoms with Crippen LogP contribution in [0.5, 0.6) is 5.88 Å². The minimum Gasteiger partial charge on any atom is -0.858 e. The zero-order chi connectivity index (χ0) is 25.7. The fourth-order valence-corrected chi connectivity index (χ4v) is 4.76. The molecule has 2 aromatic heterocycles. The Kier molecular flexibility index (Phi) is 5.55. The number of imide groups is 1. The van der Waals surface area contributed by atoms with Gasteiger partial charge in [-0.25, -0.2) is 9.58 Å². The Labute approximate surface area is 209 Å². The Hall–Kier alpha value is -4.52. The number of pyridine rings is 1. The van der Waals surface area contributed by atoms with Crippen LogP contribution in [0.1, 0.15) is 33.5 Å². The lowest BCUT2D eigenvalue weighted by Crippen LogP contribution is -2.40. The maximum absolute atomic E-state index is 13.9. The van der Waals surface area contributed by atoms with Crippen molar-refractivity contribution in [1.82, 2.24) is 9.78 Å². The van der Waals surface area contributed by atoms with E-state index in [2.05, 4.69) is 5.10 Å². The summed E-state index contributed by atoms with van der Waals surface area (Å²) in [6.07, 6.45) is 3.58. The molecule has 0 N–H and O–H groups in total. The van der Waals surface area contributed by atoms with Crippen LogP contribution in [0, 0.1) is 34.6 Å². The van der Waals surface area contributed by atoms with Gasteiger partial charge in [0, 0.05) is 16.7 Å². The molecule has 0 radical (unpaired) electrons. The monoisotopic (exact) mass is 478 g/mol. The van der Waals surface area contributed by atoms with Crippen molar-refractivity contribution in [3.63, 3.8) is 0 Å². The highest BCUT2D eigenvalue weighted by atomic mass is 16.3. The van der Waals surface area contributed by atoms with E-state index in [1.807, 2.05) is 58.0 Å². The van der Waals surface area contributed by atoms with Crippen LogP contribution in [0.25, 0.3) is 17.0 Å². The van der Waals surface area contributed by atoms with E-state index in [1.54, 1.807) is 48.1 Å². The molecule has 3 heterocycles. The van der Waals surface area contributed by atoms with Gasteiger partial charge >= 0.3 is 5.91 Å². The molecule has 0 saturated carbocycles. The van der Waals surface area contributed by atoms with Crippen molar-refractivity contribution < 1.29 is 19.3 Å². The normalized spacial score (nSPS) is 13.8. The average molecular weight is 479 g/mol. The standard InChI is InChI=1S/C29H26N4O3/c1-17-14-18(2)16-31(15-17)26-25(27(34)32(29(26)36)22-11-7-6-8-12-22)24-21(5)30-33(28(24)35)23-13-9-10-19(3)20(23)4/h6-16H,1-5H3. The Morgan fingerprint density at radius 3 is 2.17 bits per heavy atom. The van der Waals surface area contributed by atoms with Gasteiger partial charge in [0.1, 0.15) is 5.57 Å². The number of rotatable bonds is 4. The molecule has 36 heavy (non-hydrogen) atoms. The number of para-hydroxylation sites is 1. The van der Waals surface area contributed by atoms with Crippen molar-refractivity contribution in [1.29, 1.82) is 0 Å². The second-order valence-corrected chi connectivity index (χ2v) is 9.20. The number of hydrogen-bond donors (Lipinski definition) is 0. The van der Waals surface area contributed by atoms with Gasteiger partial charge in [-0.2, -0.15) is 9.67 Å². The molecule has 2 aromatic carbocycles. The molecule has 0 bridgehead atoms. The summed E-state index contributed by atoms with van der Waals surface area (Å²) in [4.78, 5) is 28.8. The highest BCUT2D eigenvalue weighted by Gasteiger charge is 2.47. The lowest BCUT2D eigenvalue weighted by molar-refractivity contribution is -0.577. The van der Waals surface area contributed by atoms with Gasteiger partial charge in [0.2, 0.25) is 0 Å². The number of amides is 2. The smallest absolute Gasteiger partial charge is 0.331 e. The fourth-order valence-electron chi connectivity index (χ4n) is 4.76. The average Bonchev–Trinajstić information content (AvgIpc) is 3.26. The summed E-state index contributed by atoms with van der Waals surface area (Å²) in [7, 11) is 0. The second kappa shape index (κ2) is 8.61. The third-order valence-corrected chi connectivity index (χ3v) is 6.55. The lowest BCUT2D eigenvalue weighted by Gasteiger charge is -2.17. The molecule has 180 valence electrons. The van der Waals surface area contributed by atoms with E-state index in [0.29, 0.717) is 17.1 Å². The van der Waals surface area contributed by atoms with Gasteiger partial charge < -0.3 is 5.11 Å². The van der Waals surface area contributed by atoms with E-state index in [0.717, 1.165) is 27.2 Å². The van der Waals surface area contributed by atoms with Crippen molar-refractivity contribution in [3.05, 3.63) is 101 Å². The number of aryl methyl sites for hydroxylation is 4. The van der Waals surface area contributed by atoms with Crippen LogP contribution < -0.4 is 14.6 Å². The van der Waals surface area contributed by atoms with Crippen LogP contribution in [0.2, 0.25) is 0 Å². The van der Waals surface area contributed by atoms with Crippen LogP contribution in [0.15, 0.2) is 67.0 Å². The second-order valence-electron chi connectivity index (χ2n) is 9.20. The number of benzene rings is 2. The molecule has 0 unspecified atom stereocenters. The van der Waals surface area contributed by atoms with E-state index < -0.39 is 17.7 Å². The Balaban J connectivity index is 1.79. The first-order chi connectivity index (χ1) is 17.2. The molecular formula is C29H26N4O3. The Morgan fingerprint density at radius 2 is 1.50 bits per heavy atom. The summed E-state index contributed by atoms with van der Waals surface area (Å²) in [5, 5.41) is 18.3. The molecule has 4 aromatic rings. The number of anilines is 1. The highest BCUT2D eigenvalue weighted by Crippen LogP contribution is 2.38. The highest BCUT2D eigenvalue weighted by molar-refractivity contribution is 6.53. The van der Waals surface area contributed by atoms with Crippen molar-refractivity contribution in [2.75, 3.05) is 4.90 Å². The maximum atomic E-state index is 13.9. The molecule has 5 rings (SSSR count). The number of carbonyl (C=O) groups excluding carboxylic acids is 2. The molecule has 1 aliphatic rings.